The van der Waals surface area contributed by atoms with Crippen molar-refractivity contribution in [2.24, 2.45) is 0 Å². The Morgan fingerprint density at radius 3 is 2.88 bits per heavy atom. The number of para-hydroxylation sites is 2. The Hall–Kier alpha value is -4.47. The van der Waals surface area contributed by atoms with Gasteiger partial charge >= 0.3 is 0 Å². The van der Waals surface area contributed by atoms with Gasteiger partial charge in [0.15, 0.2) is 5.82 Å². The Labute approximate surface area is 194 Å². The third-order valence-corrected chi connectivity index (χ3v) is 5.61. The fourth-order valence-electron chi connectivity index (χ4n) is 3.79. The van der Waals surface area contributed by atoms with Gasteiger partial charge in [-0.15, -0.1) is 0 Å². The van der Waals surface area contributed by atoms with E-state index >= 15 is 0 Å². The lowest BCUT2D eigenvalue weighted by molar-refractivity contribution is -0.121. The van der Waals surface area contributed by atoms with Crippen molar-refractivity contribution in [3.63, 3.8) is 0 Å². The number of carbonyl (C=O) groups is 1. The zero-order valence-corrected chi connectivity index (χ0v) is 18.6. The second-order valence-electron chi connectivity index (χ2n) is 8.03. The van der Waals surface area contributed by atoms with Crippen LogP contribution in [-0.4, -0.2) is 41.9 Å². The number of hydrogen-bond acceptors (Lipinski definition) is 6. The minimum absolute atomic E-state index is 0.0994. The molecule has 0 aliphatic rings. The maximum Gasteiger partial charge on any atom is 0.293 e. The number of pyridine rings is 1. The van der Waals surface area contributed by atoms with E-state index in [1.807, 2.05) is 42.6 Å². The summed E-state index contributed by atoms with van der Waals surface area (Å²) in [6.45, 7) is 2.41. The number of H-pyrrole nitrogens is 2. The molecule has 0 unspecified atom stereocenters. The van der Waals surface area contributed by atoms with Gasteiger partial charge in [-0.05, 0) is 31.2 Å². The van der Waals surface area contributed by atoms with Crippen LogP contribution in [0.4, 0.5) is 5.82 Å². The fraction of sp³-hybridized carbons (Fsp3) is 0.208. The van der Waals surface area contributed by atoms with Gasteiger partial charge in [0.05, 0.1) is 35.0 Å². The molecule has 0 spiro atoms. The number of hydrogen-bond donors (Lipinski definition) is 4. The van der Waals surface area contributed by atoms with E-state index in [2.05, 4.69) is 35.6 Å². The third kappa shape index (κ3) is 4.51. The van der Waals surface area contributed by atoms with Crippen molar-refractivity contribution in [2.45, 2.75) is 26.4 Å². The maximum absolute atomic E-state index is 12.9. The number of aromatic amines is 2. The van der Waals surface area contributed by atoms with Gasteiger partial charge in [-0.3, -0.25) is 19.1 Å². The predicted molar refractivity (Wildman–Crippen MR) is 129 cm³/mol. The Balaban J connectivity index is 1.20. The second-order valence-corrected chi connectivity index (χ2v) is 8.03. The number of aromatic nitrogens is 6. The van der Waals surface area contributed by atoms with E-state index in [1.165, 1.54) is 4.57 Å². The van der Waals surface area contributed by atoms with Crippen LogP contribution in [0.3, 0.4) is 0 Å². The van der Waals surface area contributed by atoms with E-state index in [-0.39, 0.29) is 30.4 Å². The van der Waals surface area contributed by atoms with Crippen LogP contribution in [0.5, 0.6) is 0 Å². The largest absolute Gasteiger partial charge is 0.365 e. The first-order valence-electron chi connectivity index (χ1n) is 11.0. The van der Waals surface area contributed by atoms with Gasteiger partial charge in [-0.25, -0.2) is 9.97 Å². The molecule has 1 amide bonds. The van der Waals surface area contributed by atoms with Crippen molar-refractivity contribution in [2.75, 3.05) is 11.9 Å². The molecule has 0 saturated carbocycles. The topological polar surface area (TPSA) is 133 Å². The number of carbonyl (C=O) groups excluding carboxylic acids is 1. The molecule has 0 radical (unpaired) electrons. The first-order chi connectivity index (χ1) is 16.6. The number of aryl methyl sites for hydroxylation is 1. The number of rotatable bonds is 8. The van der Waals surface area contributed by atoms with Crippen LogP contribution in [0.1, 0.15) is 17.2 Å². The molecule has 0 aliphatic heterocycles. The molecule has 4 aromatic heterocycles. The lowest BCUT2D eigenvalue weighted by Crippen LogP contribution is -2.34. The molecule has 5 rings (SSSR count). The summed E-state index contributed by atoms with van der Waals surface area (Å²) >= 11 is 0. The normalized spacial score (nSPS) is 11.2. The summed E-state index contributed by atoms with van der Waals surface area (Å²) in [6.07, 6.45) is 5.76. The first-order valence-corrected chi connectivity index (χ1v) is 11.0. The minimum Gasteiger partial charge on any atom is -0.365 e. The molecular formula is C24H24N8O2. The van der Waals surface area contributed by atoms with Gasteiger partial charge in [-0.2, -0.15) is 0 Å². The number of imidazole rings is 1. The summed E-state index contributed by atoms with van der Waals surface area (Å²) in [6, 6.07) is 11.7. The molecule has 10 nitrogen and oxygen atoms in total. The average Bonchev–Trinajstić information content (AvgIpc) is 3.48. The summed E-state index contributed by atoms with van der Waals surface area (Å²) in [5, 5.41) is 6.93. The summed E-state index contributed by atoms with van der Waals surface area (Å²) in [5.41, 5.74) is 3.83. The van der Waals surface area contributed by atoms with Crippen LogP contribution in [0.25, 0.3) is 21.9 Å². The number of fused-ring (bicyclic) bond motifs is 2. The summed E-state index contributed by atoms with van der Waals surface area (Å²) in [4.78, 5) is 44.9. The number of amides is 1. The van der Waals surface area contributed by atoms with Gasteiger partial charge in [0.2, 0.25) is 5.91 Å². The molecule has 4 heterocycles. The zero-order chi connectivity index (χ0) is 23.5. The van der Waals surface area contributed by atoms with E-state index in [0.29, 0.717) is 18.7 Å². The third-order valence-electron chi connectivity index (χ3n) is 5.61. The lowest BCUT2D eigenvalue weighted by Gasteiger charge is -2.12. The minimum atomic E-state index is -0.341. The lowest BCUT2D eigenvalue weighted by atomic mass is 10.2. The molecule has 34 heavy (non-hydrogen) atoms. The molecule has 1 aromatic carbocycles. The number of nitrogens with zero attached hydrogens (tertiary/aromatic N) is 4. The van der Waals surface area contributed by atoms with Gasteiger partial charge < -0.3 is 20.6 Å². The van der Waals surface area contributed by atoms with Crippen molar-refractivity contribution in [3.05, 3.63) is 82.6 Å². The van der Waals surface area contributed by atoms with Crippen molar-refractivity contribution in [1.29, 1.82) is 0 Å². The smallest absolute Gasteiger partial charge is 0.293 e. The molecule has 4 N–H and O–H groups in total. The molecule has 0 fully saturated rings. The molecule has 0 saturated heterocycles. The van der Waals surface area contributed by atoms with Gasteiger partial charge in [0, 0.05) is 36.4 Å². The van der Waals surface area contributed by atoms with Crippen molar-refractivity contribution < 1.29 is 4.79 Å². The van der Waals surface area contributed by atoms with E-state index in [4.69, 9.17) is 0 Å². The van der Waals surface area contributed by atoms with Crippen molar-refractivity contribution in [3.8, 4) is 0 Å². The fourth-order valence-corrected chi connectivity index (χ4v) is 3.79. The Bertz CT molecular complexity index is 1500. The van der Waals surface area contributed by atoms with Crippen LogP contribution in [0, 0.1) is 6.92 Å². The molecule has 0 bridgehead atoms. The monoisotopic (exact) mass is 456 g/mol. The molecule has 5 aromatic rings. The average molecular weight is 457 g/mol. The summed E-state index contributed by atoms with van der Waals surface area (Å²) < 4.78 is 1.41. The summed E-state index contributed by atoms with van der Waals surface area (Å²) in [5.74, 6) is 0.752. The second kappa shape index (κ2) is 9.18. The van der Waals surface area contributed by atoms with E-state index in [1.54, 1.807) is 19.3 Å². The SMILES string of the molecule is Cc1cnc(NCCc2nc3ccccc3[nH]2)c(=O)n1CC(=O)NCc1cc2cc[nH]c2cn1. The van der Waals surface area contributed by atoms with Crippen molar-refractivity contribution in [1.82, 2.24) is 34.8 Å². The van der Waals surface area contributed by atoms with Gasteiger partial charge in [-0.1, -0.05) is 12.1 Å². The van der Waals surface area contributed by atoms with Crippen LogP contribution in [0.2, 0.25) is 0 Å². The standard InChI is InChI=1S/C24H24N8O2/c1-15-11-29-23(26-9-7-21-30-18-4-2-3-5-19(18)31-21)24(34)32(15)14-22(33)28-12-17-10-16-6-8-25-20(16)13-27-17/h2-6,8,10-11,13,25H,7,9,12,14H2,1H3,(H,26,29)(H,28,33)(H,30,31). The molecule has 0 aliphatic carbocycles. The highest BCUT2D eigenvalue weighted by molar-refractivity contribution is 5.79. The zero-order valence-electron chi connectivity index (χ0n) is 18.6. The van der Waals surface area contributed by atoms with Crippen LogP contribution in [0.15, 0.2) is 59.8 Å². The molecule has 0 atom stereocenters. The predicted octanol–water partition coefficient (Wildman–Crippen LogP) is 2.28. The quantitative estimate of drug-likeness (QED) is 0.283. The van der Waals surface area contributed by atoms with E-state index in [9.17, 15) is 9.59 Å². The van der Waals surface area contributed by atoms with Gasteiger partial charge in [0.1, 0.15) is 12.4 Å². The van der Waals surface area contributed by atoms with Gasteiger partial charge in [0.25, 0.3) is 5.56 Å². The van der Waals surface area contributed by atoms with E-state index in [0.717, 1.165) is 33.5 Å². The molecular weight excluding hydrogens is 432 g/mol. The Morgan fingerprint density at radius 1 is 1.12 bits per heavy atom. The highest BCUT2D eigenvalue weighted by atomic mass is 16.2. The number of nitrogens with one attached hydrogen (secondary N) is 4. The maximum atomic E-state index is 12.9. The Morgan fingerprint density at radius 2 is 2.00 bits per heavy atom. The number of benzene rings is 1. The van der Waals surface area contributed by atoms with Crippen LogP contribution in [-0.2, 0) is 24.3 Å². The van der Waals surface area contributed by atoms with Crippen LogP contribution < -0.4 is 16.2 Å². The Kier molecular flexibility index (Phi) is 5.77. The number of anilines is 1. The summed E-state index contributed by atoms with van der Waals surface area (Å²) in [7, 11) is 0. The van der Waals surface area contributed by atoms with Crippen molar-refractivity contribution >= 4 is 33.7 Å². The highest BCUT2D eigenvalue weighted by Crippen LogP contribution is 2.12. The first kappa shape index (κ1) is 21.4. The molecule has 10 heteroatoms. The highest BCUT2D eigenvalue weighted by Gasteiger charge is 2.12. The molecule has 172 valence electrons. The van der Waals surface area contributed by atoms with E-state index < -0.39 is 0 Å². The van der Waals surface area contributed by atoms with Crippen LogP contribution >= 0.6 is 0 Å².